The Bertz CT molecular complexity index is 1160. The molecule has 0 aliphatic rings. The third kappa shape index (κ3) is 5.43. The van der Waals surface area contributed by atoms with Crippen LogP contribution >= 0.6 is 11.6 Å². The number of benzene rings is 3. The van der Waals surface area contributed by atoms with Gasteiger partial charge in [-0.2, -0.15) is 5.26 Å². The summed E-state index contributed by atoms with van der Waals surface area (Å²) in [4.78, 5) is 12.3. The Labute approximate surface area is 177 Å². The molecule has 0 unspecified atom stereocenters. The van der Waals surface area contributed by atoms with E-state index in [-0.39, 0.29) is 28.7 Å². The molecule has 1 amide bonds. The number of carbonyl (C=O) groups excluding carboxylic acids is 1. The summed E-state index contributed by atoms with van der Waals surface area (Å²) >= 11 is 6.22. The molecule has 3 rings (SSSR count). The van der Waals surface area contributed by atoms with E-state index in [2.05, 4.69) is 5.32 Å². The number of hydrogen-bond acceptors (Lipinski definition) is 3. The number of rotatable bonds is 6. The van der Waals surface area contributed by atoms with E-state index in [0.717, 1.165) is 0 Å². The van der Waals surface area contributed by atoms with Crippen molar-refractivity contribution >= 4 is 29.3 Å². The number of halogens is 3. The number of nitriles is 1. The van der Waals surface area contributed by atoms with Crippen molar-refractivity contribution < 1.29 is 18.3 Å². The minimum atomic E-state index is -0.745. The van der Waals surface area contributed by atoms with Crippen molar-refractivity contribution in [1.82, 2.24) is 0 Å². The van der Waals surface area contributed by atoms with Crippen LogP contribution < -0.4 is 10.1 Å². The maximum atomic E-state index is 13.7. The number of hydrogen-bond donors (Lipinski definition) is 1. The average Bonchev–Trinajstić information content (AvgIpc) is 2.73. The highest BCUT2D eigenvalue weighted by atomic mass is 35.5. The predicted octanol–water partition coefficient (Wildman–Crippen LogP) is 5.74. The molecule has 0 saturated heterocycles. The number of amides is 1. The molecule has 0 fully saturated rings. The molecule has 3 aromatic rings. The second kappa shape index (κ2) is 9.68. The van der Waals surface area contributed by atoms with Gasteiger partial charge in [-0.3, -0.25) is 4.79 Å². The van der Waals surface area contributed by atoms with Crippen LogP contribution in [-0.2, 0) is 11.4 Å². The standard InChI is InChI=1S/C23H15ClF2N2O2/c24-19-12-15(8-9-22(19)30-14-16-4-3-5-18(25)11-16)10-17(13-27)23(29)28-21-7-2-1-6-20(21)26/h1-12H,14H2,(H,28,29)/b17-10+. The van der Waals surface area contributed by atoms with Gasteiger partial charge in [0.2, 0.25) is 0 Å². The lowest BCUT2D eigenvalue weighted by molar-refractivity contribution is -0.112. The van der Waals surface area contributed by atoms with E-state index in [1.165, 1.54) is 42.5 Å². The number of anilines is 1. The van der Waals surface area contributed by atoms with E-state index >= 15 is 0 Å². The van der Waals surface area contributed by atoms with Crippen LogP contribution in [0.1, 0.15) is 11.1 Å². The molecule has 7 heteroatoms. The molecule has 0 aliphatic heterocycles. The monoisotopic (exact) mass is 424 g/mol. The van der Waals surface area contributed by atoms with E-state index in [1.54, 1.807) is 36.4 Å². The van der Waals surface area contributed by atoms with Gasteiger partial charge in [-0.15, -0.1) is 0 Å². The number of nitrogens with one attached hydrogen (secondary N) is 1. The number of para-hydroxylation sites is 1. The molecule has 3 aromatic carbocycles. The third-order valence-electron chi connectivity index (χ3n) is 4.04. The summed E-state index contributed by atoms with van der Waals surface area (Å²) in [5.41, 5.74) is 0.885. The van der Waals surface area contributed by atoms with Crippen molar-refractivity contribution in [3.8, 4) is 11.8 Å². The summed E-state index contributed by atoms with van der Waals surface area (Å²) in [6.07, 6.45) is 1.33. The lowest BCUT2D eigenvalue weighted by Gasteiger charge is -2.09. The normalized spacial score (nSPS) is 10.9. The van der Waals surface area contributed by atoms with Gasteiger partial charge in [-0.1, -0.05) is 41.9 Å². The van der Waals surface area contributed by atoms with Gasteiger partial charge in [-0.25, -0.2) is 8.78 Å². The van der Waals surface area contributed by atoms with Crippen molar-refractivity contribution in [2.24, 2.45) is 0 Å². The van der Waals surface area contributed by atoms with Crippen molar-refractivity contribution in [2.75, 3.05) is 5.32 Å². The first-order valence-electron chi connectivity index (χ1n) is 8.81. The Morgan fingerprint density at radius 3 is 2.60 bits per heavy atom. The molecule has 0 radical (unpaired) electrons. The van der Waals surface area contributed by atoms with Gasteiger partial charge in [0.1, 0.15) is 35.6 Å². The number of carbonyl (C=O) groups is 1. The fraction of sp³-hybridized carbons (Fsp3) is 0.0435. The molecular weight excluding hydrogens is 410 g/mol. The van der Waals surface area contributed by atoms with Gasteiger partial charge in [0, 0.05) is 0 Å². The maximum absolute atomic E-state index is 13.7. The lowest BCUT2D eigenvalue weighted by Crippen LogP contribution is -2.14. The number of nitrogens with zero attached hydrogens (tertiary/aromatic N) is 1. The van der Waals surface area contributed by atoms with Crippen LogP contribution in [-0.4, -0.2) is 5.91 Å². The predicted molar refractivity (Wildman–Crippen MR) is 111 cm³/mol. The second-order valence-electron chi connectivity index (χ2n) is 6.21. The van der Waals surface area contributed by atoms with Crippen LogP contribution in [0, 0.1) is 23.0 Å². The molecule has 0 saturated carbocycles. The third-order valence-corrected chi connectivity index (χ3v) is 4.33. The molecule has 0 atom stereocenters. The van der Waals surface area contributed by atoms with Gasteiger partial charge >= 0.3 is 0 Å². The first-order chi connectivity index (χ1) is 14.5. The molecule has 0 heterocycles. The van der Waals surface area contributed by atoms with E-state index in [4.69, 9.17) is 16.3 Å². The van der Waals surface area contributed by atoms with Crippen molar-refractivity contribution in [1.29, 1.82) is 5.26 Å². The summed E-state index contributed by atoms with van der Waals surface area (Å²) in [5, 5.41) is 11.9. The maximum Gasteiger partial charge on any atom is 0.266 e. The molecule has 0 bridgehead atoms. The number of ether oxygens (including phenoxy) is 1. The molecule has 0 spiro atoms. The van der Waals surface area contributed by atoms with Crippen molar-refractivity contribution in [3.63, 3.8) is 0 Å². The Morgan fingerprint density at radius 2 is 1.90 bits per heavy atom. The average molecular weight is 425 g/mol. The zero-order valence-electron chi connectivity index (χ0n) is 15.5. The van der Waals surface area contributed by atoms with Gasteiger partial charge in [0.25, 0.3) is 5.91 Å². The van der Waals surface area contributed by atoms with E-state index in [0.29, 0.717) is 16.9 Å². The summed E-state index contributed by atoms with van der Waals surface area (Å²) < 4.78 is 32.5. The van der Waals surface area contributed by atoms with E-state index in [9.17, 15) is 18.8 Å². The topological polar surface area (TPSA) is 62.1 Å². The van der Waals surface area contributed by atoms with Crippen molar-refractivity contribution in [2.45, 2.75) is 6.61 Å². The minimum absolute atomic E-state index is 0.0252. The minimum Gasteiger partial charge on any atom is -0.487 e. The highest BCUT2D eigenvalue weighted by molar-refractivity contribution is 6.32. The van der Waals surface area contributed by atoms with Crippen LogP contribution in [0.25, 0.3) is 6.08 Å². The quantitative estimate of drug-likeness (QED) is 0.405. The zero-order chi connectivity index (χ0) is 21.5. The lowest BCUT2D eigenvalue weighted by atomic mass is 10.1. The molecule has 150 valence electrons. The largest absolute Gasteiger partial charge is 0.487 e. The van der Waals surface area contributed by atoms with E-state index in [1.807, 2.05) is 0 Å². The summed E-state index contributed by atoms with van der Waals surface area (Å²) in [6, 6.07) is 18.2. The van der Waals surface area contributed by atoms with Crippen molar-refractivity contribution in [3.05, 3.63) is 100 Å². The summed E-state index contributed by atoms with van der Waals surface area (Å²) in [5.74, 6) is -1.34. The van der Waals surface area contributed by atoms with Crippen LogP contribution in [0.2, 0.25) is 5.02 Å². The Morgan fingerprint density at radius 1 is 1.10 bits per heavy atom. The second-order valence-corrected chi connectivity index (χ2v) is 6.62. The smallest absolute Gasteiger partial charge is 0.266 e. The molecular formula is C23H15ClF2N2O2. The van der Waals surface area contributed by atoms with E-state index < -0.39 is 11.7 Å². The summed E-state index contributed by atoms with van der Waals surface area (Å²) in [6.45, 7) is 0.126. The SMILES string of the molecule is N#C/C(=C\c1ccc(OCc2cccc(F)c2)c(Cl)c1)C(=O)Nc1ccccc1F. The summed E-state index contributed by atoms with van der Waals surface area (Å²) in [7, 11) is 0. The van der Waals surface area contributed by atoms with Gasteiger partial charge in [-0.05, 0) is 53.6 Å². The molecule has 30 heavy (non-hydrogen) atoms. The first kappa shape index (κ1) is 21.0. The van der Waals surface area contributed by atoms with Crippen LogP contribution in [0.3, 0.4) is 0 Å². The molecule has 0 aliphatic carbocycles. The zero-order valence-corrected chi connectivity index (χ0v) is 16.3. The Kier molecular flexibility index (Phi) is 6.79. The highest BCUT2D eigenvalue weighted by Crippen LogP contribution is 2.27. The fourth-order valence-electron chi connectivity index (χ4n) is 2.58. The van der Waals surface area contributed by atoms with Crippen LogP contribution in [0.5, 0.6) is 5.75 Å². The molecule has 0 aromatic heterocycles. The van der Waals surface area contributed by atoms with Gasteiger partial charge in [0.15, 0.2) is 0 Å². The fourth-order valence-corrected chi connectivity index (χ4v) is 2.82. The van der Waals surface area contributed by atoms with Crippen LogP contribution in [0.15, 0.2) is 72.3 Å². The highest BCUT2D eigenvalue weighted by Gasteiger charge is 2.12. The molecule has 1 N–H and O–H groups in total. The van der Waals surface area contributed by atoms with Crippen LogP contribution in [0.4, 0.5) is 14.5 Å². The first-order valence-corrected chi connectivity index (χ1v) is 9.18. The Hall–Kier alpha value is -3.69. The Balaban J connectivity index is 1.72. The van der Waals surface area contributed by atoms with Gasteiger partial charge < -0.3 is 10.1 Å². The van der Waals surface area contributed by atoms with Gasteiger partial charge in [0.05, 0.1) is 10.7 Å². The molecule has 4 nitrogen and oxygen atoms in total.